The van der Waals surface area contributed by atoms with E-state index in [0.29, 0.717) is 16.6 Å². The lowest BCUT2D eigenvalue weighted by Crippen LogP contribution is -2.23. The first kappa shape index (κ1) is 15.2. The predicted molar refractivity (Wildman–Crippen MR) is 80.3 cm³/mol. The number of carbonyl (C=O) groups is 1. The van der Waals surface area contributed by atoms with Gasteiger partial charge in [0, 0.05) is 13.1 Å². The number of nitrogens with one attached hydrogen (secondary N) is 1. The van der Waals surface area contributed by atoms with Crippen LogP contribution in [0.1, 0.15) is 35.2 Å². The van der Waals surface area contributed by atoms with Crippen molar-refractivity contribution in [2.45, 2.75) is 27.3 Å². The molecule has 0 saturated carbocycles. The second kappa shape index (κ2) is 6.53. The van der Waals surface area contributed by atoms with Crippen LogP contribution in [0, 0.1) is 6.92 Å². The molecule has 114 valence electrons. The van der Waals surface area contributed by atoms with E-state index in [1.165, 1.54) is 11.3 Å². The van der Waals surface area contributed by atoms with Crippen LogP contribution in [0.2, 0.25) is 0 Å². The molecule has 0 unspecified atom stereocenters. The van der Waals surface area contributed by atoms with Crippen LogP contribution in [-0.4, -0.2) is 34.1 Å². The van der Waals surface area contributed by atoms with Crippen LogP contribution in [0.15, 0.2) is 4.52 Å². The molecule has 21 heavy (non-hydrogen) atoms. The molecule has 9 heteroatoms. The summed E-state index contributed by atoms with van der Waals surface area (Å²) in [6, 6.07) is 0. The standard InChI is InChI=1S/C12H18N6O2S/c1-4-18(5-2)12-16-10(13)9(21-12)11(19)14-6-8-15-7(3)17-20-8/h4-6,13H2,1-3H3,(H,14,19). The lowest BCUT2D eigenvalue weighted by atomic mass is 10.4. The predicted octanol–water partition coefficient (Wildman–Crippen LogP) is 1.19. The Hall–Kier alpha value is -2.16. The number of hydrogen-bond acceptors (Lipinski definition) is 8. The zero-order valence-electron chi connectivity index (χ0n) is 12.2. The van der Waals surface area contributed by atoms with Crippen LogP contribution in [0.5, 0.6) is 0 Å². The number of carbonyl (C=O) groups excluding carboxylic acids is 1. The van der Waals surface area contributed by atoms with Crippen molar-refractivity contribution in [2.24, 2.45) is 0 Å². The highest BCUT2D eigenvalue weighted by atomic mass is 32.1. The maximum Gasteiger partial charge on any atom is 0.265 e. The van der Waals surface area contributed by atoms with E-state index in [2.05, 4.69) is 20.4 Å². The summed E-state index contributed by atoms with van der Waals surface area (Å²) in [6.45, 7) is 7.55. The fourth-order valence-electron chi connectivity index (χ4n) is 1.76. The molecule has 2 aromatic rings. The van der Waals surface area contributed by atoms with Crippen LogP contribution in [0.3, 0.4) is 0 Å². The van der Waals surface area contributed by atoms with Gasteiger partial charge < -0.3 is 20.5 Å². The molecule has 0 atom stereocenters. The molecule has 0 aliphatic carbocycles. The lowest BCUT2D eigenvalue weighted by Gasteiger charge is -2.16. The Morgan fingerprint density at radius 3 is 2.67 bits per heavy atom. The van der Waals surface area contributed by atoms with Crippen LogP contribution in [-0.2, 0) is 6.54 Å². The third kappa shape index (κ3) is 3.48. The Morgan fingerprint density at radius 2 is 2.10 bits per heavy atom. The monoisotopic (exact) mass is 310 g/mol. The highest BCUT2D eigenvalue weighted by molar-refractivity contribution is 7.18. The van der Waals surface area contributed by atoms with Gasteiger partial charge in [0.15, 0.2) is 11.0 Å². The van der Waals surface area contributed by atoms with Gasteiger partial charge in [0.25, 0.3) is 5.91 Å². The molecule has 0 saturated heterocycles. The number of nitrogen functional groups attached to an aromatic ring is 1. The smallest absolute Gasteiger partial charge is 0.265 e. The van der Waals surface area contributed by atoms with Gasteiger partial charge in [-0.1, -0.05) is 16.5 Å². The highest BCUT2D eigenvalue weighted by Crippen LogP contribution is 2.27. The quantitative estimate of drug-likeness (QED) is 0.824. The largest absolute Gasteiger partial charge is 0.382 e. The molecule has 8 nitrogen and oxygen atoms in total. The van der Waals surface area contributed by atoms with E-state index in [0.717, 1.165) is 18.2 Å². The second-order valence-electron chi connectivity index (χ2n) is 4.30. The lowest BCUT2D eigenvalue weighted by molar-refractivity contribution is 0.0951. The van der Waals surface area contributed by atoms with Crippen molar-refractivity contribution in [3.63, 3.8) is 0 Å². The molecule has 2 aromatic heterocycles. The summed E-state index contributed by atoms with van der Waals surface area (Å²) in [7, 11) is 0. The van der Waals surface area contributed by atoms with Crippen molar-refractivity contribution in [1.29, 1.82) is 0 Å². The maximum absolute atomic E-state index is 12.1. The molecule has 0 radical (unpaired) electrons. The van der Waals surface area contributed by atoms with Crippen LogP contribution >= 0.6 is 11.3 Å². The van der Waals surface area contributed by atoms with E-state index in [-0.39, 0.29) is 18.3 Å². The fraction of sp³-hybridized carbons (Fsp3) is 0.500. The second-order valence-corrected chi connectivity index (χ2v) is 5.28. The van der Waals surface area contributed by atoms with Gasteiger partial charge in [-0.2, -0.15) is 4.98 Å². The van der Waals surface area contributed by atoms with Crippen molar-refractivity contribution in [3.05, 3.63) is 16.6 Å². The summed E-state index contributed by atoms with van der Waals surface area (Å²) in [6.07, 6.45) is 0. The fourth-order valence-corrected chi connectivity index (χ4v) is 2.79. The van der Waals surface area contributed by atoms with Gasteiger partial charge in [-0.25, -0.2) is 4.98 Å². The molecule has 1 amide bonds. The van der Waals surface area contributed by atoms with Crippen molar-refractivity contribution >= 4 is 28.2 Å². The van der Waals surface area contributed by atoms with Crippen molar-refractivity contribution < 1.29 is 9.32 Å². The summed E-state index contributed by atoms with van der Waals surface area (Å²) >= 11 is 1.28. The van der Waals surface area contributed by atoms with E-state index in [1.807, 2.05) is 18.7 Å². The molecule has 2 rings (SSSR count). The van der Waals surface area contributed by atoms with Gasteiger partial charge in [-0.3, -0.25) is 4.79 Å². The Bertz CT molecular complexity index is 619. The molecule has 0 aromatic carbocycles. The first-order chi connectivity index (χ1) is 10.0. The molecule has 3 N–H and O–H groups in total. The van der Waals surface area contributed by atoms with E-state index in [9.17, 15) is 4.79 Å². The third-order valence-electron chi connectivity index (χ3n) is 2.85. The normalized spacial score (nSPS) is 10.6. The Labute approximate surface area is 126 Å². The zero-order chi connectivity index (χ0) is 15.4. The maximum atomic E-state index is 12.1. The van der Waals surface area contributed by atoms with Crippen molar-refractivity contribution in [1.82, 2.24) is 20.4 Å². The average Bonchev–Trinajstić information content (AvgIpc) is 3.04. The summed E-state index contributed by atoms with van der Waals surface area (Å²) < 4.78 is 4.93. The number of thiazole rings is 1. The summed E-state index contributed by atoms with van der Waals surface area (Å²) in [5.74, 6) is 0.827. The number of nitrogens with two attached hydrogens (primary N) is 1. The van der Waals surface area contributed by atoms with Crippen LogP contribution < -0.4 is 16.0 Å². The summed E-state index contributed by atoms with van der Waals surface area (Å²) in [4.78, 5) is 22.8. The zero-order valence-corrected chi connectivity index (χ0v) is 13.0. The number of aryl methyl sites for hydroxylation is 1. The summed E-state index contributed by atoms with van der Waals surface area (Å²) in [5, 5.41) is 7.10. The van der Waals surface area contributed by atoms with E-state index in [1.54, 1.807) is 6.92 Å². The molecular formula is C12H18N6O2S. The van der Waals surface area contributed by atoms with Gasteiger partial charge >= 0.3 is 0 Å². The number of amides is 1. The average molecular weight is 310 g/mol. The van der Waals surface area contributed by atoms with Gasteiger partial charge in [0.05, 0.1) is 6.54 Å². The molecule has 2 heterocycles. The SMILES string of the molecule is CCN(CC)c1nc(N)c(C(=O)NCc2nc(C)no2)s1. The molecular weight excluding hydrogens is 292 g/mol. The first-order valence-electron chi connectivity index (χ1n) is 6.63. The minimum Gasteiger partial charge on any atom is -0.382 e. The molecule has 0 spiro atoms. The Morgan fingerprint density at radius 1 is 1.38 bits per heavy atom. The molecule has 0 aliphatic rings. The van der Waals surface area contributed by atoms with Crippen LogP contribution in [0.25, 0.3) is 0 Å². The van der Waals surface area contributed by atoms with Gasteiger partial charge in [0.1, 0.15) is 10.7 Å². The topological polar surface area (TPSA) is 110 Å². The Balaban J connectivity index is 2.05. The van der Waals surface area contributed by atoms with Crippen LogP contribution in [0.4, 0.5) is 10.9 Å². The highest BCUT2D eigenvalue weighted by Gasteiger charge is 2.19. The third-order valence-corrected chi connectivity index (χ3v) is 3.98. The van der Waals surface area contributed by atoms with Crippen molar-refractivity contribution in [2.75, 3.05) is 23.7 Å². The number of nitrogens with zero attached hydrogens (tertiary/aromatic N) is 4. The van der Waals surface area contributed by atoms with Gasteiger partial charge in [0.2, 0.25) is 5.89 Å². The van der Waals surface area contributed by atoms with E-state index >= 15 is 0 Å². The number of aromatic nitrogens is 3. The van der Waals surface area contributed by atoms with Gasteiger partial charge in [-0.05, 0) is 20.8 Å². The number of hydrogen-bond donors (Lipinski definition) is 2. The Kier molecular flexibility index (Phi) is 4.73. The molecule has 0 aliphatic heterocycles. The van der Waals surface area contributed by atoms with Crippen molar-refractivity contribution in [3.8, 4) is 0 Å². The van der Waals surface area contributed by atoms with Gasteiger partial charge in [-0.15, -0.1) is 0 Å². The minimum absolute atomic E-state index is 0.164. The number of rotatable bonds is 6. The molecule has 0 fully saturated rings. The number of anilines is 2. The minimum atomic E-state index is -0.292. The molecule has 0 bridgehead atoms. The summed E-state index contributed by atoms with van der Waals surface area (Å²) in [5.41, 5.74) is 5.82. The van der Waals surface area contributed by atoms with E-state index < -0.39 is 0 Å². The van der Waals surface area contributed by atoms with E-state index in [4.69, 9.17) is 10.3 Å². The first-order valence-corrected chi connectivity index (χ1v) is 7.45.